The van der Waals surface area contributed by atoms with Crippen LogP contribution in [-0.4, -0.2) is 41.8 Å². The molecule has 6 nitrogen and oxygen atoms in total. The van der Waals surface area contributed by atoms with Gasteiger partial charge < -0.3 is 10.6 Å². The highest BCUT2D eigenvalue weighted by atomic mass is 32.1. The summed E-state index contributed by atoms with van der Waals surface area (Å²) in [5.41, 5.74) is 5.99. The molecule has 2 amide bonds. The summed E-state index contributed by atoms with van der Waals surface area (Å²) >= 11 is 1.38. The van der Waals surface area contributed by atoms with Crippen LogP contribution in [0.5, 0.6) is 0 Å². The fourth-order valence-electron chi connectivity index (χ4n) is 2.97. The molecule has 7 heteroatoms. The first-order valence-corrected chi connectivity index (χ1v) is 10.6. The molecule has 0 aliphatic heterocycles. The molecule has 3 aromatic rings. The normalized spacial score (nSPS) is 10.8. The van der Waals surface area contributed by atoms with E-state index in [0.29, 0.717) is 5.13 Å². The summed E-state index contributed by atoms with van der Waals surface area (Å²) in [5, 5.41) is 8.18. The lowest BCUT2D eigenvalue weighted by molar-refractivity contribution is -0.119. The van der Waals surface area contributed by atoms with Crippen LogP contribution in [0.4, 0.5) is 10.8 Å². The molecular weight excluding hydrogens is 396 g/mol. The van der Waals surface area contributed by atoms with E-state index in [1.165, 1.54) is 16.9 Å². The van der Waals surface area contributed by atoms with Gasteiger partial charge in [-0.1, -0.05) is 42.0 Å². The topological polar surface area (TPSA) is 74.3 Å². The molecule has 0 fully saturated rings. The standard InChI is InChI=1S/C23H26N4O2S/c1-15-8-10-18(11-9-15)20-14-30-23(25-20)26-22(29)13-27(4)12-21(28)24-19-7-5-6-16(2)17(19)3/h5-11,14H,12-13H2,1-4H3,(H,24,28)(H,25,26,29). The Hall–Kier alpha value is -3.03. The van der Waals surface area contributed by atoms with Gasteiger partial charge in [-0.15, -0.1) is 11.3 Å². The number of benzene rings is 2. The molecular formula is C23H26N4O2S. The van der Waals surface area contributed by atoms with E-state index in [1.807, 2.05) is 68.6 Å². The lowest BCUT2D eigenvalue weighted by Crippen LogP contribution is -2.36. The van der Waals surface area contributed by atoms with Crippen molar-refractivity contribution < 1.29 is 9.59 Å². The Labute approximate surface area is 181 Å². The Kier molecular flexibility index (Phi) is 6.97. The SMILES string of the molecule is Cc1ccc(-c2csc(NC(=O)CN(C)CC(=O)Nc3cccc(C)c3C)n2)cc1. The van der Waals surface area contributed by atoms with Crippen LogP contribution in [0.15, 0.2) is 47.8 Å². The van der Waals surface area contributed by atoms with E-state index in [0.717, 1.165) is 28.1 Å². The average Bonchev–Trinajstić information content (AvgIpc) is 3.14. The molecule has 0 spiro atoms. The summed E-state index contributed by atoms with van der Waals surface area (Å²) < 4.78 is 0. The zero-order valence-corrected chi connectivity index (χ0v) is 18.5. The second kappa shape index (κ2) is 9.65. The zero-order chi connectivity index (χ0) is 21.7. The summed E-state index contributed by atoms with van der Waals surface area (Å²) in [6.45, 7) is 6.23. The van der Waals surface area contributed by atoms with Crippen molar-refractivity contribution in [3.05, 3.63) is 64.5 Å². The predicted octanol–water partition coefficient (Wildman–Crippen LogP) is 4.24. The average molecular weight is 423 g/mol. The third kappa shape index (κ3) is 5.75. The first-order chi connectivity index (χ1) is 14.3. The number of hydrogen-bond donors (Lipinski definition) is 2. The van der Waals surface area contributed by atoms with Crippen molar-refractivity contribution in [3.8, 4) is 11.3 Å². The molecule has 0 atom stereocenters. The van der Waals surface area contributed by atoms with Gasteiger partial charge in [-0.3, -0.25) is 14.5 Å². The lowest BCUT2D eigenvalue weighted by atomic mass is 10.1. The number of anilines is 2. The summed E-state index contributed by atoms with van der Waals surface area (Å²) in [5.74, 6) is -0.364. The number of hydrogen-bond acceptors (Lipinski definition) is 5. The van der Waals surface area contributed by atoms with Gasteiger partial charge in [-0.25, -0.2) is 4.98 Å². The van der Waals surface area contributed by atoms with Gasteiger partial charge in [-0.2, -0.15) is 0 Å². The van der Waals surface area contributed by atoms with Crippen LogP contribution in [0.25, 0.3) is 11.3 Å². The molecule has 156 valence electrons. The molecule has 0 saturated heterocycles. The van der Waals surface area contributed by atoms with Gasteiger partial charge in [-0.05, 0) is 45.0 Å². The second-order valence-electron chi connectivity index (χ2n) is 7.42. The van der Waals surface area contributed by atoms with E-state index >= 15 is 0 Å². The minimum atomic E-state index is -0.207. The number of aromatic nitrogens is 1. The van der Waals surface area contributed by atoms with E-state index in [9.17, 15) is 9.59 Å². The Morgan fingerprint density at radius 2 is 1.63 bits per heavy atom. The van der Waals surface area contributed by atoms with Crippen molar-refractivity contribution in [2.75, 3.05) is 30.8 Å². The van der Waals surface area contributed by atoms with Gasteiger partial charge in [0.2, 0.25) is 11.8 Å². The van der Waals surface area contributed by atoms with Gasteiger partial charge in [0.05, 0.1) is 18.8 Å². The van der Waals surface area contributed by atoms with Gasteiger partial charge in [0.25, 0.3) is 0 Å². The first-order valence-electron chi connectivity index (χ1n) is 9.69. The molecule has 0 aliphatic carbocycles. The van der Waals surface area contributed by atoms with Crippen molar-refractivity contribution in [2.45, 2.75) is 20.8 Å². The molecule has 1 aromatic heterocycles. The van der Waals surface area contributed by atoms with Gasteiger partial charge in [0.1, 0.15) is 0 Å². The summed E-state index contributed by atoms with van der Waals surface area (Å²) in [7, 11) is 1.74. The number of thiazole rings is 1. The number of nitrogens with one attached hydrogen (secondary N) is 2. The zero-order valence-electron chi connectivity index (χ0n) is 17.7. The smallest absolute Gasteiger partial charge is 0.240 e. The molecule has 0 unspecified atom stereocenters. The minimum absolute atomic E-state index is 0.0969. The Morgan fingerprint density at radius 3 is 2.33 bits per heavy atom. The van der Waals surface area contributed by atoms with Crippen LogP contribution in [0.1, 0.15) is 16.7 Å². The van der Waals surface area contributed by atoms with Gasteiger partial charge >= 0.3 is 0 Å². The fraction of sp³-hybridized carbons (Fsp3) is 0.261. The molecule has 0 radical (unpaired) electrons. The lowest BCUT2D eigenvalue weighted by Gasteiger charge is -2.16. The number of carbonyl (C=O) groups excluding carboxylic acids is 2. The molecule has 0 bridgehead atoms. The predicted molar refractivity (Wildman–Crippen MR) is 123 cm³/mol. The van der Waals surface area contributed by atoms with E-state index in [-0.39, 0.29) is 24.9 Å². The maximum atomic E-state index is 12.3. The van der Waals surface area contributed by atoms with Crippen LogP contribution in [0, 0.1) is 20.8 Å². The van der Waals surface area contributed by atoms with Gasteiger partial charge in [0.15, 0.2) is 5.13 Å². The first kappa shape index (κ1) is 21.7. The highest BCUT2D eigenvalue weighted by molar-refractivity contribution is 7.14. The number of likely N-dealkylation sites (N-methyl/N-ethyl adjacent to an activating group) is 1. The molecule has 30 heavy (non-hydrogen) atoms. The highest BCUT2D eigenvalue weighted by Gasteiger charge is 2.14. The summed E-state index contributed by atoms with van der Waals surface area (Å²) in [6.07, 6.45) is 0. The third-order valence-electron chi connectivity index (χ3n) is 4.80. The van der Waals surface area contributed by atoms with E-state index in [1.54, 1.807) is 11.9 Å². The van der Waals surface area contributed by atoms with Crippen LogP contribution < -0.4 is 10.6 Å². The Balaban J connectivity index is 1.50. The maximum Gasteiger partial charge on any atom is 0.240 e. The number of rotatable bonds is 7. The van der Waals surface area contributed by atoms with Crippen LogP contribution in [0.2, 0.25) is 0 Å². The third-order valence-corrected chi connectivity index (χ3v) is 5.56. The highest BCUT2D eigenvalue weighted by Crippen LogP contribution is 2.25. The van der Waals surface area contributed by atoms with Crippen molar-refractivity contribution >= 4 is 34.0 Å². The van der Waals surface area contributed by atoms with Crippen molar-refractivity contribution in [2.24, 2.45) is 0 Å². The number of amides is 2. The monoisotopic (exact) mass is 422 g/mol. The molecule has 2 N–H and O–H groups in total. The van der Waals surface area contributed by atoms with E-state index < -0.39 is 0 Å². The molecule has 0 saturated carbocycles. The van der Waals surface area contributed by atoms with Crippen LogP contribution in [-0.2, 0) is 9.59 Å². The van der Waals surface area contributed by atoms with Crippen molar-refractivity contribution in [1.29, 1.82) is 0 Å². The van der Waals surface area contributed by atoms with Crippen molar-refractivity contribution in [3.63, 3.8) is 0 Å². The Bertz CT molecular complexity index is 1040. The summed E-state index contributed by atoms with van der Waals surface area (Å²) in [6, 6.07) is 13.9. The fourth-order valence-corrected chi connectivity index (χ4v) is 3.71. The minimum Gasteiger partial charge on any atom is -0.325 e. The summed E-state index contributed by atoms with van der Waals surface area (Å²) in [4.78, 5) is 30.8. The van der Waals surface area contributed by atoms with Crippen LogP contribution in [0.3, 0.4) is 0 Å². The molecule has 3 rings (SSSR count). The Morgan fingerprint density at radius 1 is 0.967 bits per heavy atom. The number of carbonyl (C=O) groups is 2. The van der Waals surface area contributed by atoms with Crippen molar-refractivity contribution in [1.82, 2.24) is 9.88 Å². The quantitative estimate of drug-likeness (QED) is 0.597. The van der Waals surface area contributed by atoms with Crippen LogP contribution >= 0.6 is 11.3 Å². The molecule has 0 aliphatic rings. The molecule has 1 heterocycles. The van der Waals surface area contributed by atoms with E-state index in [4.69, 9.17) is 0 Å². The van der Waals surface area contributed by atoms with Gasteiger partial charge in [0, 0.05) is 16.6 Å². The van der Waals surface area contributed by atoms with E-state index in [2.05, 4.69) is 15.6 Å². The largest absolute Gasteiger partial charge is 0.325 e. The number of aryl methyl sites for hydroxylation is 2. The number of nitrogens with zero attached hydrogens (tertiary/aromatic N) is 2. The maximum absolute atomic E-state index is 12.3. The second-order valence-corrected chi connectivity index (χ2v) is 8.28. The molecule has 2 aromatic carbocycles.